The molecule has 0 spiro atoms. The second-order valence-electron chi connectivity index (χ2n) is 5.63. The summed E-state index contributed by atoms with van der Waals surface area (Å²) >= 11 is 0. The minimum Gasteiger partial charge on any atom is -0.463 e. The summed E-state index contributed by atoms with van der Waals surface area (Å²) < 4.78 is 10.5. The Balaban J connectivity index is 1.54. The minimum atomic E-state index is -0.579. The van der Waals surface area contributed by atoms with Gasteiger partial charge in [0.05, 0.1) is 31.1 Å². The summed E-state index contributed by atoms with van der Waals surface area (Å²) in [6, 6.07) is 3.46. The number of aliphatic hydroxyl groups excluding tert-OH is 1. The van der Waals surface area contributed by atoms with Gasteiger partial charge in [-0.1, -0.05) is 0 Å². The molecule has 1 aliphatic rings. The van der Waals surface area contributed by atoms with Gasteiger partial charge < -0.3 is 24.1 Å². The lowest BCUT2D eigenvalue weighted by Gasteiger charge is -2.30. The third-order valence-electron chi connectivity index (χ3n) is 3.87. The van der Waals surface area contributed by atoms with E-state index < -0.39 is 6.10 Å². The highest BCUT2D eigenvalue weighted by Crippen LogP contribution is 2.17. The molecule has 0 bridgehead atoms. The molecule has 1 saturated heterocycles. The number of fused-ring (bicyclic) bond motifs is 1. The molecule has 1 unspecified atom stereocenters. The third kappa shape index (κ3) is 3.32. The standard InChI is InChI=1S/C15H21N3O4/c1-17(9-11(19)10-18-3-6-21-7-4-18)15(20)13-8-14-12(16-13)2-5-22-14/h2,5,8,11,16,19H,3-4,6-7,9-10H2,1H3. The molecule has 22 heavy (non-hydrogen) atoms. The molecule has 1 fully saturated rings. The van der Waals surface area contributed by atoms with Crippen molar-refractivity contribution >= 4 is 17.0 Å². The first kappa shape index (κ1) is 15.1. The molecule has 7 heteroatoms. The van der Waals surface area contributed by atoms with E-state index in [1.165, 1.54) is 4.90 Å². The number of aliphatic hydroxyl groups is 1. The van der Waals surface area contributed by atoms with Crippen LogP contribution in [-0.2, 0) is 4.74 Å². The van der Waals surface area contributed by atoms with Crippen molar-refractivity contribution < 1.29 is 19.1 Å². The average molecular weight is 307 g/mol. The van der Waals surface area contributed by atoms with Gasteiger partial charge in [0.2, 0.25) is 0 Å². The topological polar surface area (TPSA) is 81.9 Å². The molecule has 2 aromatic rings. The van der Waals surface area contributed by atoms with Crippen molar-refractivity contribution in [1.82, 2.24) is 14.8 Å². The third-order valence-corrected chi connectivity index (χ3v) is 3.87. The number of likely N-dealkylation sites (N-methyl/N-ethyl adjacent to an activating group) is 1. The van der Waals surface area contributed by atoms with Crippen molar-refractivity contribution in [3.63, 3.8) is 0 Å². The van der Waals surface area contributed by atoms with Crippen LogP contribution in [0.2, 0.25) is 0 Å². The summed E-state index contributed by atoms with van der Waals surface area (Å²) in [7, 11) is 1.69. The first-order chi connectivity index (χ1) is 10.6. The Kier molecular flexibility index (Phi) is 4.47. The van der Waals surface area contributed by atoms with Crippen LogP contribution in [0, 0.1) is 0 Å². The van der Waals surface area contributed by atoms with Crippen molar-refractivity contribution in [3.05, 3.63) is 24.1 Å². The minimum absolute atomic E-state index is 0.160. The van der Waals surface area contributed by atoms with Gasteiger partial charge in [0.15, 0.2) is 5.58 Å². The molecule has 120 valence electrons. The van der Waals surface area contributed by atoms with Gasteiger partial charge in [0, 0.05) is 45.4 Å². The van der Waals surface area contributed by atoms with E-state index in [1.54, 1.807) is 25.4 Å². The molecule has 3 rings (SSSR count). The van der Waals surface area contributed by atoms with Gasteiger partial charge in [-0.15, -0.1) is 0 Å². The van der Waals surface area contributed by atoms with Gasteiger partial charge in [-0.25, -0.2) is 0 Å². The molecule has 2 N–H and O–H groups in total. The van der Waals surface area contributed by atoms with E-state index in [0.717, 1.165) is 18.6 Å². The van der Waals surface area contributed by atoms with Gasteiger partial charge in [0.25, 0.3) is 5.91 Å². The summed E-state index contributed by atoms with van der Waals surface area (Å²) in [6.45, 7) is 3.88. The number of amides is 1. The Hall–Kier alpha value is -1.83. The highest BCUT2D eigenvalue weighted by molar-refractivity contribution is 5.96. The van der Waals surface area contributed by atoms with E-state index in [-0.39, 0.29) is 12.5 Å². The van der Waals surface area contributed by atoms with Crippen molar-refractivity contribution in [2.45, 2.75) is 6.10 Å². The van der Waals surface area contributed by atoms with Crippen molar-refractivity contribution in [2.75, 3.05) is 46.4 Å². The zero-order valence-electron chi connectivity index (χ0n) is 12.6. The number of β-amino-alcohol motifs (C(OH)–C–C–N with tert-alkyl or cyclic N) is 1. The Morgan fingerprint density at radius 2 is 2.27 bits per heavy atom. The number of aromatic amines is 1. The Bertz CT molecular complexity index is 601. The molecular formula is C15H21N3O4. The van der Waals surface area contributed by atoms with Crippen molar-refractivity contribution in [2.24, 2.45) is 0 Å². The van der Waals surface area contributed by atoms with Crippen LogP contribution in [0.1, 0.15) is 10.5 Å². The van der Waals surface area contributed by atoms with E-state index >= 15 is 0 Å². The molecule has 0 saturated carbocycles. The van der Waals surface area contributed by atoms with Crippen molar-refractivity contribution in [3.8, 4) is 0 Å². The molecule has 1 atom stereocenters. The fraction of sp³-hybridized carbons (Fsp3) is 0.533. The summed E-state index contributed by atoms with van der Waals surface area (Å²) in [4.78, 5) is 19.0. The number of hydrogen-bond donors (Lipinski definition) is 2. The zero-order valence-corrected chi connectivity index (χ0v) is 12.6. The number of nitrogens with zero attached hydrogens (tertiary/aromatic N) is 2. The predicted octanol–water partition coefficient (Wildman–Crippen LogP) is 0.526. The normalized spacial score (nSPS) is 17.7. The van der Waals surface area contributed by atoms with Crippen LogP contribution in [0.4, 0.5) is 0 Å². The maximum absolute atomic E-state index is 12.3. The molecule has 3 heterocycles. The van der Waals surface area contributed by atoms with Gasteiger partial charge >= 0.3 is 0 Å². The summed E-state index contributed by atoms with van der Waals surface area (Å²) in [5.41, 5.74) is 1.92. The van der Waals surface area contributed by atoms with Gasteiger partial charge in [-0.3, -0.25) is 9.69 Å². The largest absolute Gasteiger partial charge is 0.463 e. The molecule has 1 aliphatic heterocycles. The zero-order chi connectivity index (χ0) is 15.5. The molecule has 1 amide bonds. The fourth-order valence-corrected chi connectivity index (χ4v) is 2.71. The van der Waals surface area contributed by atoms with Crippen LogP contribution in [-0.4, -0.2) is 78.3 Å². The number of H-pyrrole nitrogens is 1. The molecule has 7 nitrogen and oxygen atoms in total. The highest BCUT2D eigenvalue weighted by atomic mass is 16.5. The summed E-state index contributed by atoms with van der Waals surface area (Å²) in [6.07, 6.45) is 0.996. The maximum atomic E-state index is 12.3. The smallest absolute Gasteiger partial charge is 0.270 e. The van der Waals surface area contributed by atoms with Crippen LogP contribution in [0.15, 0.2) is 22.8 Å². The van der Waals surface area contributed by atoms with Crippen LogP contribution in [0.3, 0.4) is 0 Å². The number of aromatic nitrogens is 1. The SMILES string of the molecule is CN(CC(O)CN1CCOCC1)C(=O)c1cc2occc2[nH]1. The number of nitrogens with one attached hydrogen (secondary N) is 1. The van der Waals surface area contributed by atoms with Crippen LogP contribution < -0.4 is 0 Å². The average Bonchev–Trinajstić information content (AvgIpc) is 3.08. The lowest BCUT2D eigenvalue weighted by atomic mass is 10.2. The Labute approximate surface area is 128 Å². The highest BCUT2D eigenvalue weighted by Gasteiger charge is 2.20. The molecule has 0 aromatic carbocycles. The van der Waals surface area contributed by atoms with Crippen LogP contribution in [0.25, 0.3) is 11.1 Å². The summed E-state index contributed by atoms with van der Waals surface area (Å²) in [5, 5.41) is 10.2. The number of morpholine rings is 1. The lowest BCUT2D eigenvalue weighted by molar-refractivity contribution is 0.00875. The van der Waals surface area contributed by atoms with Gasteiger partial charge in [0.1, 0.15) is 5.69 Å². The second-order valence-corrected chi connectivity index (χ2v) is 5.63. The van der Waals surface area contributed by atoms with E-state index in [1.807, 2.05) is 0 Å². The first-order valence-corrected chi connectivity index (χ1v) is 7.43. The fourth-order valence-electron chi connectivity index (χ4n) is 2.71. The number of hydrogen-bond acceptors (Lipinski definition) is 5. The lowest BCUT2D eigenvalue weighted by Crippen LogP contribution is -2.45. The van der Waals surface area contributed by atoms with Crippen LogP contribution >= 0.6 is 0 Å². The molecule has 2 aromatic heterocycles. The molecule has 0 aliphatic carbocycles. The Morgan fingerprint density at radius 3 is 3.00 bits per heavy atom. The number of carbonyl (C=O) groups is 1. The predicted molar refractivity (Wildman–Crippen MR) is 80.8 cm³/mol. The van der Waals surface area contributed by atoms with E-state index in [2.05, 4.69) is 9.88 Å². The number of furan rings is 1. The second kappa shape index (κ2) is 6.51. The first-order valence-electron chi connectivity index (χ1n) is 7.43. The number of carbonyl (C=O) groups excluding carboxylic acids is 1. The van der Waals surface area contributed by atoms with Crippen molar-refractivity contribution in [1.29, 1.82) is 0 Å². The van der Waals surface area contributed by atoms with Gasteiger partial charge in [-0.2, -0.15) is 0 Å². The monoisotopic (exact) mass is 307 g/mol. The quantitative estimate of drug-likeness (QED) is 0.842. The Morgan fingerprint density at radius 1 is 1.50 bits per heavy atom. The van der Waals surface area contributed by atoms with Crippen LogP contribution in [0.5, 0.6) is 0 Å². The van der Waals surface area contributed by atoms with E-state index in [9.17, 15) is 9.90 Å². The maximum Gasteiger partial charge on any atom is 0.270 e. The van der Waals surface area contributed by atoms with E-state index in [4.69, 9.17) is 9.15 Å². The molecular weight excluding hydrogens is 286 g/mol. The molecule has 0 radical (unpaired) electrons. The summed E-state index contributed by atoms with van der Waals surface area (Å²) in [5.74, 6) is -0.160. The number of ether oxygens (including phenoxy) is 1. The van der Waals surface area contributed by atoms with E-state index in [0.29, 0.717) is 31.0 Å². The van der Waals surface area contributed by atoms with Gasteiger partial charge in [-0.05, 0) is 0 Å². The number of rotatable bonds is 5.